The number of esters is 1. The molecule has 0 aliphatic carbocycles. The number of para-hydroxylation sites is 1. The first kappa shape index (κ1) is 17.0. The van der Waals surface area contributed by atoms with Gasteiger partial charge in [0.1, 0.15) is 0 Å². The molecule has 1 heterocycles. The SMILES string of the molecule is CCOc1cccc2c1OC(=O)C(P(=O)(OCC)OCC)C2. The fourth-order valence-corrected chi connectivity index (χ4v) is 4.27. The zero-order chi connectivity index (χ0) is 16.2. The van der Waals surface area contributed by atoms with Crippen LogP contribution in [0.15, 0.2) is 18.2 Å². The van der Waals surface area contributed by atoms with Crippen molar-refractivity contribution >= 4 is 13.6 Å². The molecule has 0 fully saturated rings. The minimum Gasteiger partial charge on any atom is -0.490 e. The quantitative estimate of drug-likeness (QED) is 0.435. The number of ether oxygens (including phenoxy) is 2. The van der Waals surface area contributed by atoms with Gasteiger partial charge in [0.25, 0.3) is 0 Å². The van der Waals surface area contributed by atoms with Crippen molar-refractivity contribution in [1.82, 2.24) is 0 Å². The molecule has 0 amide bonds. The lowest BCUT2D eigenvalue weighted by Gasteiger charge is -2.29. The first-order valence-corrected chi connectivity index (χ1v) is 9.02. The van der Waals surface area contributed by atoms with E-state index in [4.69, 9.17) is 18.5 Å². The molecular formula is C15H21O6P. The van der Waals surface area contributed by atoms with Gasteiger partial charge in [-0.2, -0.15) is 0 Å². The van der Waals surface area contributed by atoms with E-state index in [1.165, 1.54) is 0 Å². The molecule has 6 nitrogen and oxygen atoms in total. The molecule has 1 unspecified atom stereocenters. The van der Waals surface area contributed by atoms with Crippen molar-refractivity contribution in [3.05, 3.63) is 23.8 Å². The van der Waals surface area contributed by atoms with E-state index in [1.54, 1.807) is 19.9 Å². The highest BCUT2D eigenvalue weighted by atomic mass is 31.2. The van der Waals surface area contributed by atoms with Crippen LogP contribution in [0, 0.1) is 0 Å². The summed E-state index contributed by atoms with van der Waals surface area (Å²) >= 11 is 0. The molecule has 1 aromatic carbocycles. The van der Waals surface area contributed by atoms with Crippen molar-refractivity contribution in [1.29, 1.82) is 0 Å². The maximum atomic E-state index is 12.8. The monoisotopic (exact) mass is 328 g/mol. The summed E-state index contributed by atoms with van der Waals surface area (Å²) < 4.78 is 34.2. The molecule has 7 heteroatoms. The van der Waals surface area contributed by atoms with E-state index in [0.717, 1.165) is 5.56 Å². The highest BCUT2D eigenvalue weighted by Crippen LogP contribution is 2.56. The van der Waals surface area contributed by atoms with E-state index in [-0.39, 0.29) is 19.6 Å². The average molecular weight is 328 g/mol. The van der Waals surface area contributed by atoms with Crippen LogP contribution in [0.1, 0.15) is 26.3 Å². The molecule has 1 atom stereocenters. The maximum absolute atomic E-state index is 12.8. The van der Waals surface area contributed by atoms with Crippen molar-refractivity contribution in [2.24, 2.45) is 0 Å². The van der Waals surface area contributed by atoms with Crippen molar-refractivity contribution in [2.75, 3.05) is 19.8 Å². The third-order valence-corrected chi connectivity index (χ3v) is 5.64. The van der Waals surface area contributed by atoms with Crippen molar-refractivity contribution in [2.45, 2.75) is 32.9 Å². The van der Waals surface area contributed by atoms with Gasteiger partial charge in [-0.15, -0.1) is 0 Å². The molecule has 0 radical (unpaired) electrons. The van der Waals surface area contributed by atoms with Crippen LogP contribution in [-0.2, 0) is 24.8 Å². The number of fused-ring (bicyclic) bond motifs is 1. The second-order valence-corrected chi connectivity index (χ2v) is 6.91. The van der Waals surface area contributed by atoms with Gasteiger partial charge in [-0.05, 0) is 26.8 Å². The summed E-state index contributed by atoms with van der Waals surface area (Å²) in [6.45, 7) is 6.14. The van der Waals surface area contributed by atoms with Crippen LogP contribution >= 0.6 is 7.60 Å². The summed E-state index contributed by atoms with van der Waals surface area (Å²) in [5, 5.41) is 0. The largest absolute Gasteiger partial charge is 0.490 e. The van der Waals surface area contributed by atoms with E-state index >= 15 is 0 Å². The van der Waals surface area contributed by atoms with E-state index < -0.39 is 19.2 Å². The van der Waals surface area contributed by atoms with E-state index in [9.17, 15) is 9.36 Å². The summed E-state index contributed by atoms with van der Waals surface area (Å²) in [5.41, 5.74) is -0.188. The fraction of sp³-hybridized carbons (Fsp3) is 0.533. The first-order chi connectivity index (χ1) is 10.6. The predicted molar refractivity (Wildman–Crippen MR) is 81.6 cm³/mol. The second-order valence-electron chi connectivity index (χ2n) is 4.69. The minimum absolute atomic E-state index is 0.201. The first-order valence-electron chi connectivity index (χ1n) is 7.40. The van der Waals surface area contributed by atoms with Gasteiger partial charge in [0.05, 0.1) is 19.8 Å². The smallest absolute Gasteiger partial charge is 0.345 e. The van der Waals surface area contributed by atoms with Crippen molar-refractivity contribution in [3.8, 4) is 11.5 Å². The summed E-state index contributed by atoms with van der Waals surface area (Å²) in [6, 6.07) is 5.37. The zero-order valence-corrected chi connectivity index (χ0v) is 13.9. The van der Waals surface area contributed by atoms with Gasteiger partial charge < -0.3 is 18.5 Å². The van der Waals surface area contributed by atoms with Crippen LogP contribution < -0.4 is 9.47 Å². The van der Waals surface area contributed by atoms with Crippen molar-refractivity contribution in [3.63, 3.8) is 0 Å². The Labute approximate surface area is 130 Å². The number of carbonyl (C=O) groups excluding carboxylic acids is 1. The minimum atomic E-state index is -3.55. The Morgan fingerprint density at radius 2 is 1.86 bits per heavy atom. The molecule has 0 saturated heterocycles. The van der Waals surface area contributed by atoms with Gasteiger partial charge in [0.2, 0.25) is 0 Å². The molecule has 0 N–H and O–H groups in total. The summed E-state index contributed by atoms with van der Waals surface area (Å²) in [6.07, 6.45) is 0.242. The molecule has 0 saturated carbocycles. The molecule has 22 heavy (non-hydrogen) atoms. The maximum Gasteiger partial charge on any atom is 0.345 e. The topological polar surface area (TPSA) is 71.1 Å². The van der Waals surface area contributed by atoms with Crippen LogP contribution in [0.3, 0.4) is 0 Å². The standard InChI is InChI=1S/C15H21O6P/c1-4-18-12-9-7-8-11-10-13(15(16)21-14(11)12)22(17,19-5-2)20-6-3/h7-9,13H,4-6,10H2,1-3H3. The van der Waals surface area contributed by atoms with Crippen LogP contribution in [0.5, 0.6) is 11.5 Å². The summed E-state index contributed by atoms with van der Waals surface area (Å²) in [7, 11) is -3.55. The lowest BCUT2D eigenvalue weighted by molar-refractivity contribution is -0.135. The molecule has 1 aromatic rings. The van der Waals surface area contributed by atoms with Crippen LogP contribution in [0.25, 0.3) is 0 Å². The van der Waals surface area contributed by atoms with Gasteiger partial charge in [-0.1, -0.05) is 12.1 Å². The van der Waals surface area contributed by atoms with Gasteiger partial charge >= 0.3 is 13.6 Å². The molecule has 122 valence electrons. The predicted octanol–water partition coefficient (Wildman–Crippen LogP) is 3.18. The fourth-order valence-electron chi connectivity index (χ4n) is 2.39. The zero-order valence-electron chi connectivity index (χ0n) is 13.0. The van der Waals surface area contributed by atoms with E-state index in [2.05, 4.69) is 0 Å². The Morgan fingerprint density at radius 1 is 1.18 bits per heavy atom. The highest BCUT2D eigenvalue weighted by Gasteiger charge is 2.45. The number of benzene rings is 1. The van der Waals surface area contributed by atoms with Crippen LogP contribution in [-0.4, -0.2) is 31.4 Å². The summed E-state index contributed by atoms with van der Waals surface area (Å²) in [5.74, 6) is 0.296. The molecule has 0 bridgehead atoms. The van der Waals surface area contributed by atoms with Crippen molar-refractivity contribution < 1.29 is 27.9 Å². The Kier molecular flexibility index (Phi) is 5.62. The third kappa shape index (κ3) is 3.35. The lowest BCUT2D eigenvalue weighted by Crippen LogP contribution is -2.34. The Morgan fingerprint density at radius 3 is 2.45 bits per heavy atom. The highest BCUT2D eigenvalue weighted by molar-refractivity contribution is 7.55. The lowest BCUT2D eigenvalue weighted by atomic mass is 10.1. The normalized spacial score (nSPS) is 17.8. The second kappa shape index (κ2) is 7.27. The van der Waals surface area contributed by atoms with Gasteiger partial charge in [-0.3, -0.25) is 9.36 Å². The van der Waals surface area contributed by atoms with Crippen LogP contribution in [0.4, 0.5) is 0 Å². The van der Waals surface area contributed by atoms with E-state index in [0.29, 0.717) is 18.1 Å². The number of hydrogen-bond acceptors (Lipinski definition) is 6. The molecule has 0 aromatic heterocycles. The molecule has 1 aliphatic rings. The van der Waals surface area contributed by atoms with Gasteiger partial charge in [0.15, 0.2) is 17.2 Å². The summed E-state index contributed by atoms with van der Waals surface area (Å²) in [4.78, 5) is 12.3. The van der Waals surface area contributed by atoms with Gasteiger partial charge in [0, 0.05) is 12.0 Å². The Bertz CT molecular complexity index is 575. The van der Waals surface area contributed by atoms with Gasteiger partial charge in [-0.25, -0.2) is 0 Å². The van der Waals surface area contributed by atoms with E-state index in [1.807, 2.05) is 19.1 Å². The average Bonchev–Trinajstić information content (AvgIpc) is 2.48. The number of hydrogen-bond donors (Lipinski definition) is 0. The molecule has 1 aliphatic heterocycles. The molecular weight excluding hydrogens is 307 g/mol. The Balaban J connectivity index is 2.34. The Hall–Kier alpha value is -1.36. The molecule has 2 rings (SSSR count). The number of rotatable bonds is 7. The number of carbonyl (C=O) groups is 1. The van der Waals surface area contributed by atoms with Crippen LogP contribution in [0.2, 0.25) is 0 Å². The third-order valence-electron chi connectivity index (χ3n) is 3.25. The molecule has 0 spiro atoms.